The number of nitrogens with zero attached hydrogens (tertiary/aromatic N) is 2. The maximum atomic E-state index is 12.5. The molecule has 1 aliphatic rings. The molecule has 0 bridgehead atoms. The van der Waals surface area contributed by atoms with E-state index in [9.17, 15) is 4.79 Å². The molecule has 126 valence electrons. The van der Waals surface area contributed by atoms with Gasteiger partial charge in [-0.3, -0.25) is 4.79 Å². The van der Waals surface area contributed by atoms with E-state index >= 15 is 0 Å². The molecule has 0 aliphatic carbocycles. The molecule has 0 N–H and O–H groups in total. The van der Waals surface area contributed by atoms with Crippen LogP contribution in [0.2, 0.25) is 0 Å². The summed E-state index contributed by atoms with van der Waals surface area (Å²) >= 11 is 3.46. The number of hydrogen-bond donors (Lipinski definition) is 0. The molecule has 3 rings (SSSR count). The Balaban J connectivity index is 1.60. The normalized spacial score (nSPS) is 14.8. The van der Waals surface area contributed by atoms with Crippen LogP contribution in [0.3, 0.4) is 0 Å². The van der Waals surface area contributed by atoms with E-state index in [1.54, 1.807) is 0 Å². The fourth-order valence-corrected chi connectivity index (χ4v) is 3.65. The van der Waals surface area contributed by atoms with E-state index in [1.165, 1.54) is 16.8 Å². The summed E-state index contributed by atoms with van der Waals surface area (Å²) in [6.45, 7) is 7.70. The summed E-state index contributed by atoms with van der Waals surface area (Å²) in [6, 6.07) is 14.4. The van der Waals surface area contributed by atoms with Gasteiger partial charge in [0.2, 0.25) is 5.91 Å². The van der Waals surface area contributed by atoms with Crippen LogP contribution in [0.1, 0.15) is 16.7 Å². The number of aryl methyl sites for hydroxylation is 1. The molecule has 1 heterocycles. The number of carbonyl (C=O) groups excluding carboxylic acids is 1. The van der Waals surface area contributed by atoms with Crippen molar-refractivity contribution in [1.82, 2.24) is 4.90 Å². The van der Waals surface area contributed by atoms with Crippen LogP contribution in [0.4, 0.5) is 5.69 Å². The number of piperazine rings is 1. The van der Waals surface area contributed by atoms with Crippen molar-refractivity contribution in [2.45, 2.75) is 20.3 Å². The van der Waals surface area contributed by atoms with Gasteiger partial charge < -0.3 is 9.80 Å². The SMILES string of the molecule is Cc1cccc(N2CCN(C(=O)Cc3cccc(Br)c3)CC2)c1C. The molecule has 1 saturated heterocycles. The van der Waals surface area contributed by atoms with Crippen molar-refractivity contribution >= 4 is 27.5 Å². The second-order valence-electron chi connectivity index (χ2n) is 6.39. The van der Waals surface area contributed by atoms with Gasteiger partial charge in [0, 0.05) is 36.3 Å². The van der Waals surface area contributed by atoms with Crippen molar-refractivity contribution < 1.29 is 4.79 Å². The summed E-state index contributed by atoms with van der Waals surface area (Å²) < 4.78 is 1.02. The van der Waals surface area contributed by atoms with E-state index in [0.717, 1.165) is 36.2 Å². The number of benzene rings is 2. The van der Waals surface area contributed by atoms with Crippen LogP contribution < -0.4 is 4.90 Å². The first-order valence-corrected chi connectivity index (χ1v) is 9.17. The highest BCUT2D eigenvalue weighted by atomic mass is 79.9. The van der Waals surface area contributed by atoms with Crippen molar-refractivity contribution in [3.63, 3.8) is 0 Å². The molecule has 4 heteroatoms. The third-order valence-corrected chi connectivity index (χ3v) is 5.29. The first-order valence-electron chi connectivity index (χ1n) is 8.38. The lowest BCUT2D eigenvalue weighted by Crippen LogP contribution is -2.49. The van der Waals surface area contributed by atoms with Gasteiger partial charge in [-0.2, -0.15) is 0 Å². The Hall–Kier alpha value is -1.81. The van der Waals surface area contributed by atoms with Crippen LogP contribution in [0, 0.1) is 13.8 Å². The van der Waals surface area contributed by atoms with Gasteiger partial charge in [0.25, 0.3) is 0 Å². The van der Waals surface area contributed by atoms with Crippen LogP contribution in [0.5, 0.6) is 0 Å². The Morgan fingerprint density at radius 1 is 1.04 bits per heavy atom. The number of rotatable bonds is 3. The molecule has 0 aromatic heterocycles. The molecule has 1 aliphatic heterocycles. The number of anilines is 1. The van der Waals surface area contributed by atoms with Crippen LogP contribution in [-0.2, 0) is 11.2 Å². The minimum Gasteiger partial charge on any atom is -0.368 e. The van der Waals surface area contributed by atoms with Gasteiger partial charge in [-0.05, 0) is 48.7 Å². The summed E-state index contributed by atoms with van der Waals surface area (Å²) in [7, 11) is 0. The molecule has 2 aromatic rings. The van der Waals surface area contributed by atoms with Gasteiger partial charge in [-0.15, -0.1) is 0 Å². The summed E-state index contributed by atoms with van der Waals surface area (Å²) in [5.74, 6) is 0.216. The fourth-order valence-electron chi connectivity index (χ4n) is 3.21. The molecule has 0 atom stereocenters. The lowest BCUT2D eigenvalue weighted by molar-refractivity contribution is -0.130. The van der Waals surface area contributed by atoms with Gasteiger partial charge in [0.05, 0.1) is 6.42 Å². The predicted molar refractivity (Wildman–Crippen MR) is 103 cm³/mol. The average molecular weight is 387 g/mol. The largest absolute Gasteiger partial charge is 0.368 e. The first kappa shape index (κ1) is 17.0. The second-order valence-corrected chi connectivity index (χ2v) is 7.31. The molecule has 0 unspecified atom stereocenters. The number of carbonyl (C=O) groups is 1. The van der Waals surface area contributed by atoms with Gasteiger partial charge >= 0.3 is 0 Å². The highest BCUT2D eigenvalue weighted by Crippen LogP contribution is 2.24. The highest BCUT2D eigenvalue weighted by molar-refractivity contribution is 9.10. The monoisotopic (exact) mass is 386 g/mol. The van der Waals surface area contributed by atoms with Crippen molar-refractivity contribution in [2.75, 3.05) is 31.1 Å². The minimum atomic E-state index is 0.216. The second kappa shape index (κ2) is 7.39. The van der Waals surface area contributed by atoms with Crippen LogP contribution in [-0.4, -0.2) is 37.0 Å². The van der Waals surface area contributed by atoms with E-state index in [-0.39, 0.29) is 5.91 Å². The molecular formula is C20H23BrN2O. The van der Waals surface area contributed by atoms with Crippen molar-refractivity contribution in [2.24, 2.45) is 0 Å². The molecule has 0 saturated carbocycles. The maximum Gasteiger partial charge on any atom is 0.227 e. The predicted octanol–water partition coefficient (Wildman–Crippen LogP) is 3.96. The highest BCUT2D eigenvalue weighted by Gasteiger charge is 2.22. The summed E-state index contributed by atoms with van der Waals surface area (Å²) in [6.07, 6.45) is 0.475. The van der Waals surface area contributed by atoms with Gasteiger partial charge in [-0.25, -0.2) is 0 Å². The van der Waals surface area contributed by atoms with E-state index in [4.69, 9.17) is 0 Å². The number of hydrogen-bond acceptors (Lipinski definition) is 2. The number of halogens is 1. The third kappa shape index (κ3) is 3.81. The Labute approximate surface area is 152 Å². The third-order valence-electron chi connectivity index (χ3n) is 4.79. The van der Waals surface area contributed by atoms with E-state index in [1.807, 2.05) is 29.2 Å². The summed E-state index contributed by atoms with van der Waals surface area (Å²) in [4.78, 5) is 16.9. The molecule has 3 nitrogen and oxygen atoms in total. The topological polar surface area (TPSA) is 23.6 Å². The van der Waals surface area contributed by atoms with Gasteiger partial charge in [-0.1, -0.05) is 40.2 Å². The van der Waals surface area contributed by atoms with E-state index in [2.05, 4.69) is 52.9 Å². The Morgan fingerprint density at radius 2 is 1.75 bits per heavy atom. The number of amides is 1. The molecule has 2 aromatic carbocycles. The Bertz CT molecular complexity index is 736. The van der Waals surface area contributed by atoms with Crippen molar-refractivity contribution in [1.29, 1.82) is 0 Å². The Morgan fingerprint density at radius 3 is 2.46 bits per heavy atom. The zero-order chi connectivity index (χ0) is 17.1. The quantitative estimate of drug-likeness (QED) is 0.796. The molecular weight excluding hydrogens is 364 g/mol. The molecule has 24 heavy (non-hydrogen) atoms. The summed E-state index contributed by atoms with van der Waals surface area (Å²) in [5, 5.41) is 0. The van der Waals surface area contributed by atoms with E-state index in [0.29, 0.717) is 6.42 Å². The van der Waals surface area contributed by atoms with Gasteiger partial charge in [0.1, 0.15) is 0 Å². The van der Waals surface area contributed by atoms with Crippen molar-refractivity contribution in [3.05, 3.63) is 63.6 Å². The lowest BCUT2D eigenvalue weighted by atomic mass is 10.1. The van der Waals surface area contributed by atoms with Crippen molar-refractivity contribution in [3.8, 4) is 0 Å². The zero-order valence-electron chi connectivity index (χ0n) is 14.3. The Kier molecular flexibility index (Phi) is 5.24. The van der Waals surface area contributed by atoms with Gasteiger partial charge in [0.15, 0.2) is 0 Å². The minimum absolute atomic E-state index is 0.216. The molecule has 0 radical (unpaired) electrons. The molecule has 1 amide bonds. The molecule has 0 spiro atoms. The maximum absolute atomic E-state index is 12.5. The van der Waals surface area contributed by atoms with Crippen LogP contribution in [0.25, 0.3) is 0 Å². The van der Waals surface area contributed by atoms with E-state index < -0.39 is 0 Å². The van der Waals surface area contributed by atoms with Crippen LogP contribution in [0.15, 0.2) is 46.9 Å². The van der Waals surface area contributed by atoms with Crippen LogP contribution >= 0.6 is 15.9 Å². The average Bonchev–Trinajstić information content (AvgIpc) is 2.57. The fraction of sp³-hybridized carbons (Fsp3) is 0.350. The lowest BCUT2D eigenvalue weighted by Gasteiger charge is -2.37. The first-order chi connectivity index (χ1) is 11.5. The summed E-state index contributed by atoms with van der Waals surface area (Å²) in [5.41, 5.74) is 5.02. The zero-order valence-corrected chi connectivity index (χ0v) is 15.8. The smallest absolute Gasteiger partial charge is 0.227 e. The standard InChI is InChI=1S/C20H23BrN2O/c1-15-5-3-8-19(16(15)2)22-9-11-23(12-10-22)20(24)14-17-6-4-7-18(21)13-17/h3-8,13H,9-12,14H2,1-2H3. The molecule has 1 fully saturated rings.